The Hall–Kier alpha value is -3.33. The van der Waals surface area contributed by atoms with Crippen LogP contribution in [0.5, 0.6) is 0 Å². The van der Waals surface area contributed by atoms with Gasteiger partial charge in [0.05, 0.1) is 13.2 Å². The predicted molar refractivity (Wildman–Crippen MR) is 275 cm³/mol. The summed E-state index contributed by atoms with van der Waals surface area (Å²) in [6.45, 7) is 3.48. The van der Waals surface area contributed by atoms with Gasteiger partial charge in [-0.15, -0.1) is 0 Å². The van der Waals surface area contributed by atoms with Gasteiger partial charge in [0.15, 0.2) is 6.10 Å². The molecule has 0 heterocycles. The largest absolute Gasteiger partial charge is 0.472 e. The second kappa shape index (κ2) is 50.1. The molecular formula is C55H92NO8P. The average molecular weight is 926 g/mol. The van der Waals surface area contributed by atoms with Gasteiger partial charge in [-0.1, -0.05) is 194 Å². The number of allylic oxidation sites excluding steroid dienone is 18. The van der Waals surface area contributed by atoms with Gasteiger partial charge in [0.25, 0.3) is 0 Å². The summed E-state index contributed by atoms with van der Waals surface area (Å²) in [5.74, 6) is -0.859. The lowest BCUT2D eigenvalue weighted by Gasteiger charge is -2.19. The fraction of sp³-hybridized carbons (Fsp3) is 0.636. The van der Waals surface area contributed by atoms with Crippen molar-refractivity contribution < 1.29 is 37.6 Å². The molecule has 3 N–H and O–H groups in total. The number of hydrogen-bond acceptors (Lipinski definition) is 8. The van der Waals surface area contributed by atoms with Gasteiger partial charge in [-0.2, -0.15) is 0 Å². The SMILES string of the molecule is CC/C=C\C/C=C\C/C=C\C/C=C\C/C=C\CCCCCCCCCCCC(=O)OC(COC(=O)CCCCCCCC/C=C\C/C=C\C/C=C\C/C=C\CC)COP(=O)(O)OCCN. The first-order chi connectivity index (χ1) is 31.8. The zero-order valence-corrected chi connectivity index (χ0v) is 41.8. The van der Waals surface area contributed by atoms with E-state index in [-0.39, 0.29) is 32.6 Å². The summed E-state index contributed by atoms with van der Waals surface area (Å²) in [4.78, 5) is 35.1. The Labute approximate surface area is 397 Å². The molecule has 0 aromatic rings. The van der Waals surface area contributed by atoms with Crippen molar-refractivity contribution in [1.29, 1.82) is 0 Å². The lowest BCUT2D eigenvalue weighted by atomic mass is 10.1. The summed E-state index contributed by atoms with van der Waals surface area (Å²) in [6, 6.07) is 0. The number of phosphoric ester groups is 1. The molecular weight excluding hydrogens is 834 g/mol. The van der Waals surface area contributed by atoms with Crippen LogP contribution in [0.15, 0.2) is 109 Å². The van der Waals surface area contributed by atoms with Crippen molar-refractivity contribution in [2.24, 2.45) is 5.73 Å². The van der Waals surface area contributed by atoms with Gasteiger partial charge in [-0.25, -0.2) is 4.57 Å². The van der Waals surface area contributed by atoms with E-state index in [0.717, 1.165) is 122 Å². The van der Waals surface area contributed by atoms with Crippen LogP contribution < -0.4 is 5.73 Å². The number of ether oxygens (including phenoxy) is 2. The van der Waals surface area contributed by atoms with Crippen LogP contribution >= 0.6 is 7.82 Å². The molecule has 0 aliphatic carbocycles. The highest BCUT2D eigenvalue weighted by Crippen LogP contribution is 2.43. The summed E-state index contributed by atoms with van der Waals surface area (Å²) in [5.41, 5.74) is 5.37. The minimum absolute atomic E-state index is 0.0440. The van der Waals surface area contributed by atoms with Gasteiger partial charge in [-0.3, -0.25) is 18.6 Å². The molecule has 2 unspecified atom stereocenters. The molecule has 10 heteroatoms. The highest BCUT2D eigenvalue weighted by Gasteiger charge is 2.26. The highest BCUT2D eigenvalue weighted by molar-refractivity contribution is 7.47. The molecule has 0 saturated heterocycles. The van der Waals surface area contributed by atoms with Crippen molar-refractivity contribution >= 4 is 19.8 Å². The fourth-order valence-electron chi connectivity index (χ4n) is 6.48. The van der Waals surface area contributed by atoms with E-state index in [9.17, 15) is 19.0 Å². The minimum atomic E-state index is -4.40. The molecule has 65 heavy (non-hydrogen) atoms. The monoisotopic (exact) mass is 926 g/mol. The maximum Gasteiger partial charge on any atom is 0.472 e. The van der Waals surface area contributed by atoms with E-state index in [0.29, 0.717) is 12.8 Å². The van der Waals surface area contributed by atoms with Gasteiger partial charge in [0.1, 0.15) is 6.61 Å². The van der Waals surface area contributed by atoms with E-state index in [1.807, 2.05) is 0 Å². The van der Waals surface area contributed by atoms with Crippen LogP contribution in [0.1, 0.15) is 194 Å². The summed E-state index contributed by atoms with van der Waals surface area (Å²) in [7, 11) is -4.40. The molecule has 2 atom stereocenters. The van der Waals surface area contributed by atoms with Gasteiger partial charge < -0.3 is 20.1 Å². The van der Waals surface area contributed by atoms with Crippen LogP contribution in [0.2, 0.25) is 0 Å². The van der Waals surface area contributed by atoms with Gasteiger partial charge in [0.2, 0.25) is 0 Å². The lowest BCUT2D eigenvalue weighted by Crippen LogP contribution is -2.29. The Morgan fingerprint density at radius 3 is 1.18 bits per heavy atom. The summed E-state index contributed by atoms with van der Waals surface area (Å²) in [5, 5.41) is 0. The third kappa shape index (κ3) is 49.9. The Bertz CT molecular complexity index is 1430. The van der Waals surface area contributed by atoms with E-state index >= 15 is 0 Å². The molecule has 0 aliphatic rings. The molecule has 0 aromatic heterocycles. The van der Waals surface area contributed by atoms with Crippen LogP contribution in [0.3, 0.4) is 0 Å². The van der Waals surface area contributed by atoms with Crippen LogP contribution in [-0.4, -0.2) is 49.3 Å². The Morgan fingerprint density at radius 2 is 0.800 bits per heavy atom. The van der Waals surface area contributed by atoms with Crippen molar-refractivity contribution in [3.05, 3.63) is 109 Å². The molecule has 0 bridgehead atoms. The molecule has 0 spiro atoms. The number of phosphoric acid groups is 1. The second-order valence-corrected chi connectivity index (χ2v) is 17.7. The Balaban J connectivity index is 4.11. The topological polar surface area (TPSA) is 134 Å². The zero-order chi connectivity index (χ0) is 47.4. The van der Waals surface area contributed by atoms with Crippen molar-refractivity contribution in [3.63, 3.8) is 0 Å². The molecule has 370 valence electrons. The maximum absolute atomic E-state index is 12.7. The second-order valence-electron chi connectivity index (χ2n) is 16.3. The predicted octanol–water partition coefficient (Wildman–Crippen LogP) is 15.5. The normalized spacial score (nSPS) is 14.1. The van der Waals surface area contributed by atoms with Crippen molar-refractivity contribution in [2.75, 3.05) is 26.4 Å². The van der Waals surface area contributed by atoms with Crippen molar-refractivity contribution in [2.45, 2.75) is 200 Å². The van der Waals surface area contributed by atoms with E-state index in [1.165, 1.54) is 32.1 Å². The summed E-state index contributed by atoms with van der Waals surface area (Å²) < 4.78 is 32.9. The standard InChI is InChI=1S/C55H92NO8P/c1-3-5-7-9-11-13-15-17-19-21-23-24-25-26-27-28-30-32-34-36-38-40-42-44-46-48-55(58)64-53(52-63-65(59,60)62-50-49-56)51-61-54(57)47-45-43-41-39-37-35-33-31-29-22-20-18-16-14-12-10-8-6-4-2/h5-8,11-14,17-20,23-24,26-27,29,31,53H,3-4,9-10,15-16,21-22,25,28,30,32-52,56H2,1-2H3,(H,59,60)/b7-5-,8-6-,13-11-,14-12-,19-17-,20-18-,24-23-,27-26-,31-29-. The number of rotatable bonds is 46. The number of carbonyl (C=O) groups excluding carboxylic acids is 2. The van der Waals surface area contributed by atoms with Gasteiger partial charge >= 0.3 is 19.8 Å². The van der Waals surface area contributed by atoms with E-state index < -0.39 is 32.5 Å². The smallest absolute Gasteiger partial charge is 0.462 e. The number of esters is 2. The zero-order valence-electron chi connectivity index (χ0n) is 40.9. The number of unbranched alkanes of at least 4 members (excludes halogenated alkanes) is 15. The summed E-state index contributed by atoms with van der Waals surface area (Å²) >= 11 is 0. The molecule has 0 radical (unpaired) electrons. The summed E-state index contributed by atoms with van der Waals surface area (Å²) in [6.07, 6.45) is 66.9. The van der Waals surface area contributed by atoms with E-state index in [2.05, 4.69) is 123 Å². The average Bonchev–Trinajstić information content (AvgIpc) is 3.30. The fourth-order valence-corrected chi connectivity index (χ4v) is 7.24. The third-order valence-electron chi connectivity index (χ3n) is 10.2. The molecule has 0 aliphatic heterocycles. The Morgan fingerprint density at radius 1 is 0.462 bits per heavy atom. The third-order valence-corrected chi connectivity index (χ3v) is 11.1. The maximum atomic E-state index is 12.7. The quantitative estimate of drug-likeness (QED) is 0.0265. The highest BCUT2D eigenvalue weighted by atomic mass is 31.2. The van der Waals surface area contributed by atoms with Crippen LogP contribution in [0, 0.1) is 0 Å². The molecule has 0 fully saturated rings. The van der Waals surface area contributed by atoms with Crippen LogP contribution in [0.4, 0.5) is 0 Å². The number of nitrogens with two attached hydrogens (primary N) is 1. The lowest BCUT2D eigenvalue weighted by molar-refractivity contribution is -0.161. The van der Waals surface area contributed by atoms with Crippen molar-refractivity contribution in [1.82, 2.24) is 0 Å². The van der Waals surface area contributed by atoms with Crippen molar-refractivity contribution in [3.8, 4) is 0 Å². The first-order valence-electron chi connectivity index (χ1n) is 25.4. The van der Waals surface area contributed by atoms with E-state index in [1.54, 1.807) is 0 Å². The molecule has 0 amide bonds. The van der Waals surface area contributed by atoms with Crippen LogP contribution in [0.25, 0.3) is 0 Å². The van der Waals surface area contributed by atoms with Gasteiger partial charge in [-0.05, 0) is 96.3 Å². The first-order valence-corrected chi connectivity index (χ1v) is 26.9. The van der Waals surface area contributed by atoms with E-state index in [4.69, 9.17) is 24.3 Å². The number of hydrogen-bond donors (Lipinski definition) is 2. The van der Waals surface area contributed by atoms with Crippen LogP contribution in [-0.2, 0) is 32.7 Å². The van der Waals surface area contributed by atoms with Gasteiger partial charge in [0, 0.05) is 19.4 Å². The minimum Gasteiger partial charge on any atom is -0.462 e. The Kier molecular flexibility index (Phi) is 47.5. The molecule has 0 aromatic carbocycles. The number of carbonyl (C=O) groups is 2. The molecule has 0 rings (SSSR count). The molecule has 9 nitrogen and oxygen atoms in total. The molecule has 0 saturated carbocycles. The first kappa shape index (κ1) is 61.7.